The molecule has 0 aromatic heterocycles. The van der Waals surface area contributed by atoms with Crippen molar-refractivity contribution in [1.29, 1.82) is 0 Å². The number of aryl methyl sites for hydroxylation is 2. The van der Waals surface area contributed by atoms with E-state index in [-0.39, 0.29) is 11.7 Å². The number of nitrogens with zero attached hydrogens (tertiary/aromatic N) is 1. The summed E-state index contributed by atoms with van der Waals surface area (Å²) in [5, 5.41) is 0. The summed E-state index contributed by atoms with van der Waals surface area (Å²) in [6, 6.07) is 13.6. The average Bonchev–Trinajstić information content (AvgIpc) is 2.76. The number of benzene rings is 2. The van der Waals surface area contributed by atoms with E-state index in [1.165, 1.54) is 0 Å². The first-order valence-corrected chi connectivity index (χ1v) is 12.3. The minimum Gasteiger partial charge on any atom is -0.326 e. The summed E-state index contributed by atoms with van der Waals surface area (Å²) in [4.78, 5) is 14.8. The fourth-order valence-corrected chi connectivity index (χ4v) is 5.03. The van der Waals surface area contributed by atoms with E-state index in [0.717, 1.165) is 36.0 Å². The topological polar surface area (TPSA) is 92.5 Å². The molecule has 7 heteroatoms. The molecule has 1 aliphatic rings. The number of nitrogens with two attached hydrogens (primary N) is 1. The molecule has 0 atom stereocenters. The molecule has 0 unspecified atom stereocenters. The van der Waals surface area contributed by atoms with Gasteiger partial charge in [-0.2, -0.15) is 0 Å². The highest BCUT2D eigenvalue weighted by Crippen LogP contribution is 2.35. The van der Waals surface area contributed by atoms with E-state index in [9.17, 15) is 13.2 Å². The first-order valence-electron chi connectivity index (χ1n) is 10.6. The highest BCUT2D eigenvalue weighted by atomic mass is 32.2. The zero-order valence-electron chi connectivity index (χ0n) is 17.6. The van der Waals surface area contributed by atoms with Crippen LogP contribution >= 0.6 is 0 Å². The van der Waals surface area contributed by atoms with Crippen LogP contribution in [0.3, 0.4) is 0 Å². The minimum absolute atomic E-state index is 0.0130. The van der Waals surface area contributed by atoms with E-state index < -0.39 is 10.0 Å². The van der Waals surface area contributed by atoms with Gasteiger partial charge in [-0.15, -0.1) is 0 Å². The second-order valence-electron chi connectivity index (χ2n) is 7.76. The van der Waals surface area contributed by atoms with Crippen molar-refractivity contribution in [1.82, 2.24) is 0 Å². The van der Waals surface area contributed by atoms with E-state index in [0.29, 0.717) is 43.7 Å². The first-order chi connectivity index (χ1) is 14.4. The molecule has 3 rings (SSSR count). The van der Waals surface area contributed by atoms with Crippen molar-refractivity contribution in [2.75, 3.05) is 21.9 Å². The van der Waals surface area contributed by atoms with Crippen LogP contribution in [0.5, 0.6) is 0 Å². The van der Waals surface area contributed by atoms with Gasteiger partial charge in [-0.3, -0.25) is 9.52 Å². The lowest BCUT2D eigenvalue weighted by Crippen LogP contribution is -2.36. The fraction of sp³-hybridized carbons (Fsp3) is 0.435. The zero-order valence-corrected chi connectivity index (χ0v) is 18.4. The third kappa shape index (κ3) is 5.61. The van der Waals surface area contributed by atoms with Crippen molar-refractivity contribution in [3.63, 3.8) is 0 Å². The van der Waals surface area contributed by atoms with Crippen LogP contribution in [0.4, 0.5) is 11.4 Å². The molecule has 0 saturated heterocycles. The summed E-state index contributed by atoms with van der Waals surface area (Å²) in [6.45, 7) is 3.07. The smallest absolute Gasteiger partial charge is 0.232 e. The van der Waals surface area contributed by atoms with Gasteiger partial charge in [-0.25, -0.2) is 8.42 Å². The second-order valence-corrected chi connectivity index (χ2v) is 9.60. The largest absolute Gasteiger partial charge is 0.326 e. The van der Waals surface area contributed by atoms with Gasteiger partial charge in [0.05, 0.1) is 17.1 Å². The number of sulfonamides is 1. The standard InChI is InChI=1S/C23H31N3O3S/c1-2-3-16-30(28,29)25-21-8-4-6-20-7-5-15-26(23(20)21)22(27)14-13-18-9-11-19(17-24)12-10-18/h4,6,8-12,25H,2-3,5,7,13-17,24H2,1H3. The molecule has 1 heterocycles. The van der Waals surface area contributed by atoms with Gasteiger partial charge < -0.3 is 10.6 Å². The van der Waals surface area contributed by atoms with E-state index in [1.807, 2.05) is 43.3 Å². The molecule has 0 fully saturated rings. The van der Waals surface area contributed by atoms with Gasteiger partial charge in [0, 0.05) is 19.5 Å². The molecule has 2 aromatic rings. The van der Waals surface area contributed by atoms with Crippen LogP contribution in [0.25, 0.3) is 0 Å². The van der Waals surface area contributed by atoms with Crippen molar-refractivity contribution in [2.24, 2.45) is 5.73 Å². The number of amides is 1. The molecule has 6 nitrogen and oxygen atoms in total. The SMILES string of the molecule is CCCCS(=O)(=O)Nc1cccc2c1N(C(=O)CCc1ccc(CN)cc1)CCC2. The van der Waals surface area contributed by atoms with Gasteiger partial charge in [0.15, 0.2) is 0 Å². The summed E-state index contributed by atoms with van der Waals surface area (Å²) in [5.41, 5.74) is 10.0. The lowest BCUT2D eigenvalue weighted by atomic mass is 9.99. The highest BCUT2D eigenvalue weighted by molar-refractivity contribution is 7.92. The van der Waals surface area contributed by atoms with Crippen LogP contribution in [-0.2, 0) is 34.2 Å². The number of rotatable bonds is 9. The van der Waals surface area contributed by atoms with Crippen LogP contribution in [0.2, 0.25) is 0 Å². The maximum absolute atomic E-state index is 13.1. The molecular formula is C23H31N3O3S. The molecule has 0 saturated carbocycles. The number of fused-ring (bicyclic) bond motifs is 1. The Hall–Kier alpha value is -2.38. The van der Waals surface area contributed by atoms with Crippen LogP contribution < -0.4 is 15.4 Å². The molecule has 1 aliphatic heterocycles. The number of unbranched alkanes of at least 4 members (excludes halogenated alkanes) is 1. The third-order valence-corrected chi connectivity index (χ3v) is 6.79. The first kappa shape index (κ1) is 22.3. The molecule has 0 spiro atoms. The van der Waals surface area contributed by atoms with Crippen molar-refractivity contribution >= 4 is 27.3 Å². The molecule has 162 valence electrons. The fourth-order valence-electron chi connectivity index (χ4n) is 3.76. The van der Waals surface area contributed by atoms with E-state index in [2.05, 4.69) is 4.72 Å². The van der Waals surface area contributed by atoms with Crippen molar-refractivity contribution in [2.45, 2.75) is 52.0 Å². The Kier molecular flexibility index (Phi) is 7.50. The zero-order chi connectivity index (χ0) is 21.6. The number of nitrogens with one attached hydrogen (secondary N) is 1. The molecule has 30 heavy (non-hydrogen) atoms. The molecule has 1 amide bonds. The quantitative estimate of drug-likeness (QED) is 0.637. The van der Waals surface area contributed by atoms with E-state index >= 15 is 0 Å². The van der Waals surface area contributed by atoms with Gasteiger partial charge in [-0.05, 0) is 48.4 Å². The second kappa shape index (κ2) is 10.1. The van der Waals surface area contributed by atoms with Gasteiger partial charge in [0.25, 0.3) is 0 Å². The Morgan fingerprint density at radius 1 is 1.13 bits per heavy atom. The van der Waals surface area contributed by atoms with Crippen LogP contribution in [0.1, 0.15) is 49.3 Å². The number of hydrogen-bond donors (Lipinski definition) is 2. The number of hydrogen-bond acceptors (Lipinski definition) is 4. The van der Waals surface area contributed by atoms with E-state index in [1.54, 1.807) is 11.0 Å². The Morgan fingerprint density at radius 2 is 1.87 bits per heavy atom. The Morgan fingerprint density at radius 3 is 2.57 bits per heavy atom. The number of anilines is 2. The Bertz CT molecular complexity index is 972. The van der Waals surface area contributed by atoms with Gasteiger partial charge in [-0.1, -0.05) is 49.7 Å². The summed E-state index contributed by atoms with van der Waals surface area (Å²) in [6.07, 6.45) is 4.14. The van der Waals surface area contributed by atoms with Crippen molar-refractivity contribution in [3.8, 4) is 0 Å². The predicted molar refractivity (Wildman–Crippen MR) is 122 cm³/mol. The predicted octanol–water partition coefficient (Wildman–Crippen LogP) is 3.60. The van der Waals surface area contributed by atoms with Crippen LogP contribution in [-0.4, -0.2) is 26.6 Å². The molecule has 0 aliphatic carbocycles. The summed E-state index contributed by atoms with van der Waals surface area (Å²) in [7, 11) is -3.44. The van der Waals surface area contributed by atoms with Gasteiger partial charge in [0.2, 0.25) is 15.9 Å². The summed E-state index contributed by atoms with van der Waals surface area (Å²) in [5.74, 6) is 0.0963. The molecule has 2 aromatic carbocycles. The van der Waals surface area contributed by atoms with Crippen molar-refractivity contribution in [3.05, 3.63) is 59.2 Å². The molecule has 0 radical (unpaired) electrons. The maximum atomic E-state index is 13.1. The molecule has 0 bridgehead atoms. The number of carbonyl (C=O) groups excluding carboxylic acids is 1. The summed E-state index contributed by atoms with van der Waals surface area (Å²) < 4.78 is 27.6. The highest BCUT2D eigenvalue weighted by Gasteiger charge is 2.26. The van der Waals surface area contributed by atoms with Crippen molar-refractivity contribution < 1.29 is 13.2 Å². The maximum Gasteiger partial charge on any atom is 0.232 e. The minimum atomic E-state index is -3.44. The summed E-state index contributed by atoms with van der Waals surface area (Å²) >= 11 is 0. The average molecular weight is 430 g/mol. The number of carbonyl (C=O) groups is 1. The monoisotopic (exact) mass is 429 g/mol. The van der Waals surface area contributed by atoms with Crippen LogP contribution in [0.15, 0.2) is 42.5 Å². The van der Waals surface area contributed by atoms with Gasteiger partial charge >= 0.3 is 0 Å². The lowest BCUT2D eigenvalue weighted by Gasteiger charge is -2.32. The Labute approximate surface area is 179 Å². The molecule has 3 N–H and O–H groups in total. The molecular weight excluding hydrogens is 398 g/mol. The normalized spacial score (nSPS) is 13.7. The lowest BCUT2D eigenvalue weighted by molar-refractivity contribution is -0.118. The van der Waals surface area contributed by atoms with E-state index in [4.69, 9.17) is 5.73 Å². The number of para-hydroxylation sites is 1. The third-order valence-electron chi connectivity index (χ3n) is 5.44. The van der Waals surface area contributed by atoms with Crippen LogP contribution in [0, 0.1) is 0 Å². The van der Waals surface area contributed by atoms with Gasteiger partial charge in [0.1, 0.15) is 0 Å². The Balaban J connectivity index is 1.77.